The molecule has 2 heterocycles. The van der Waals surface area contributed by atoms with Crippen LogP contribution in [0.1, 0.15) is 16.8 Å². The third-order valence-corrected chi connectivity index (χ3v) is 6.08. The Morgan fingerprint density at radius 2 is 1.92 bits per heavy atom. The standard InChI is InChI=1S/C17H22N4O4S/c22-17(19-6-1-8-20-9-7-18-14-20)15-2-4-16(5-3-15)26(23,24)21-10-12-25-13-11-21/h2-5,7,9,14H,1,6,8,10-13H2,(H,19,22). The molecule has 0 aliphatic carbocycles. The number of sulfonamides is 1. The summed E-state index contributed by atoms with van der Waals surface area (Å²) in [5, 5.41) is 2.83. The summed E-state index contributed by atoms with van der Waals surface area (Å²) in [6.07, 6.45) is 6.10. The van der Waals surface area contributed by atoms with Gasteiger partial charge in [0.15, 0.2) is 0 Å². The fourth-order valence-corrected chi connectivity index (χ4v) is 4.11. The van der Waals surface area contributed by atoms with Crippen molar-refractivity contribution < 1.29 is 17.9 Å². The van der Waals surface area contributed by atoms with Gasteiger partial charge in [-0.2, -0.15) is 4.31 Å². The molecule has 1 aliphatic heterocycles. The highest BCUT2D eigenvalue weighted by Gasteiger charge is 2.26. The topological polar surface area (TPSA) is 93.5 Å². The molecule has 26 heavy (non-hydrogen) atoms. The first kappa shape index (κ1) is 18.6. The van der Waals surface area contributed by atoms with Gasteiger partial charge in [-0.15, -0.1) is 0 Å². The van der Waals surface area contributed by atoms with E-state index in [2.05, 4.69) is 10.3 Å². The van der Waals surface area contributed by atoms with Gasteiger partial charge in [-0.1, -0.05) is 0 Å². The SMILES string of the molecule is O=C(NCCCn1ccnc1)c1ccc(S(=O)(=O)N2CCOCC2)cc1. The molecule has 0 unspecified atom stereocenters. The second kappa shape index (κ2) is 8.43. The van der Waals surface area contributed by atoms with E-state index in [1.165, 1.54) is 16.4 Å². The molecule has 3 rings (SSSR count). The van der Waals surface area contributed by atoms with Crippen LogP contribution in [0.15, 0.2) is 47.9 Å². The van der Waals surface area contributed by atoms with Crippen LogP contribution in [0.2, 0.25) is 0 Å². The highest BCUT2D eigenvalue weighted by molar-refractivity contribution is 7.89. The maximum Gasteiger partial charge on any atom is 0.251 e. The zero-order valence-corrected chi connectivity index (χ0v) is 15.2. The van der Waals surface area contributed by atoms with Crippen molar-refractivity contribution in [1.29, 1.82) is 0 Å². The molecular weight excluding hydrogens is 356 g/mol. The van der Waals surface area contributed by atoms with Crippen LogP contribution in [-0.4, -0.2) is 61.0 Å². The summed E-state index contributed by atoms with van der Waals surface area (Å²) in [5.74, 6) is -0.217. The first-order valence-corrected chi connectivity index (χ1v) is 9.93. The zero-order valence-electron chi connectivity index (χ0n) is 14.4. The maximum absolute atomic E-state index is 12.6. The Bertz CT molecular complexity index is 813. The van der Waals surface area contributed by atoms with E-state index in [0.29, 0.717) is 38.4 Å². The molecule has 8 nitrogen and oxygen atoms in total. The van der Waals surface area contributed by atoms with Gasteiger partial charge in [0, 0.05) is 44.1 Å². The van der Waals surface area contributed by atoms with E-state index in [1.807, 2.05) is 10.8 Å². The number of carbonyl (C=O) groups excluding carboxylic acids is 1. The van der Waals surface area contributed by atoms with Crippen LogP contribution in [0.25, 0.3) is 0 Å². The van der Waals surface area contributed by atoms with E-state index in [-0.39, 0.29) is 10.8 Å². The molecule has 1 fully saturated rings. The number of ether oxygens (including phenoxy) is 1. The molecule has 1 aromatic heterocycles. The van der Waals surface area contributed by atoms with E-state index in [0.717, 1.165) is 13.0 Å². The average molecular weight is 378 g/mol. The summed E-state index contributed by atoms with van der Waals surface area (Å²) in [7, 11) is -3.54. The molecular formula is C17H22N4O4S. The summed E-state index contributed by atoms with van der Waals surface area (Å²) in [6, 6.07) is 6.04. The number of imidazole rings is 1. The minimum Gasteiger partial charge on any atom is -0.379 e. The van der Waals surface area contributed by atoms with Crippen molar-refractivity contribution in [2.45, 2.75) is 17.9 Å². The monoisotopic (exact) mass is 378 g/mol. The number of morpholine rings is 1. The van der Waals surface area contributed by atoms with Crippen molar-refractivity contribution in [3.63, 3.8) is 0 Å². The lowest BCUT2D eigenvalue weighted by atomic mass is 10.2. The highest BCUT2D eigenvalue weighted by Crippen LogP contribution is 2.17. The molecule has 1 N–H and O–H groups in total. The van der Waals surface area contributed by atoms with Crippen LogP contribution < -0.4 is 5.32 Å². The van der Waals surface area contributed by atoms with E-state index in [4.69, 9.17) is 4.74 Å². The largest absolute Gasteiger partial charge is 0.379 e. The molecule has 0 spiro atoms. The quantitative estimate of drug-likeness (QED) is 0.717. The van der Waals surface area contributed by atoms with E-state index >= 15 is 0 Å². The Morgan fingerprint density at radius 3 is 2.58 bits per heavy atom. The van der Waals surface area contributed by atoms with Crippen molar-refractivity contribution in [1.82, 2.24) is 19.2 Å². The predicted octanol–water partition coefficient (Wildman–Crippen LogP) is 0.724. The fraction of sp³-hybridized carbons (Fsp3) is 0.412. The van der Waals surface area contributed by atoms with Gasteiger partial charge in [0.2, 0.25) is 10.0 Å². The second-order valence-electron chi connectivity index (χ2n) is 5.95. The van der Waals surface area contributed by atoms with Gasteiger partial charge in [-0.25, -0.2) is 13.4 Å². The van der Waals surface area contributed by atoms with Gasteiger partial charge in [-0.05, 0) is 30.7 Å². The summed E-state index contributed by atoms with van der Waals surface area (Å²) >= 11 is 0. The van der Waals surface area contributed by atoms with Crippen molar-refractivity contribution in [2.24, 2.45) is 0 Å². The number of aryl methyl sites for hydroxylation is 1. The van der Waals surface area contributed by atoms with Gasteiger partial charge < -0.3 is 14.6 Å². The average Bonchev–Trinajstić information content (AvgIpc) is 3.19. The first-order chi connectivity index (χ1) is 12.6. The smallest absolute Gasteiger partial charge is 0.251 e. The summed E-state index contributed by atoms with van der Waals surface area (Å²) in [4.78, 5) is 16.3. The molecule has 0 bridgehead atoms. The molecule has 1 aliphatic rings. The van der Waals surface area contributed by atoms with Gasteiger partial charge in [0.25, 0.3) is 5.91 Å². The molecule has 0 saturated carbocycles. The number of nitrogens with one attached hydrogen (secondary N) is 1. The third-order valence-electron chi connectivity index (χ3n) is 4.16. The van der Waals surface area contributed by atoms with Crippen LogP contribution in [0, 0.1) is 0 Å². The third kappa shape index (κ3) is 4.48. The summed E-state index contributed by atoms with van der Waals surface area (Å²) in [6.45, 7) is 2.81. The van der Waals surface area contributed by atoms with Crippen LogP contribution in [0.4, 0.5) is 0 Å². The molecule has 2 aromatic rings. The zero-order chi connectivity index (χ0) is 18.4. The molecule has 140 valence electrons. The van der Waals surface area contributed by atoms with Crippen molar-refractivity contribution in [3.05, 3.63) is 48.5 Å². The van der Waals surface area contributed by atoms with Crippen LogP contribution in [0.5, 0.6) is 0 Å². The fourth-order valence-electron chi connectivity index (χ4n) is 2.70. The summed E-state index contributed by atoms with van der Waals surface area (Å²) in [5.41, 5.74) is 0.438. The Labute approximate surface area is 152 Å². The molecule has 0 radical (unpaired) electrons. The number of aromatic nitrogens is 2. The minimum atomic E-state index is -3.54. The Kier molecular flexibility index (Phi) is 6.02. The molecule has 0 atom stereocenters. The minimum absolute atomic E-state index is 0.191. The van der Waals surface area contributed by atoms with E-state index in [1.54, 1.807) is 24.7 Å². The highest BCUT2D eigenvalue weighted by atomic mass is 32.2. The van der Waals surface area contributed by atoms with Crippen LogP contribution in [-0.2, 0) is 21.3 Å². The number of nitrogens with zero attached hydrogens (tertiary/aromatic N) is 3. The van der Waals surface area contributed by atoms with Crippen LogP contribution >= 0.6 is 0 Å². The Balaban J connectivity index is 1.53. The van der Waals surface area contributed by atoms with Gasteiger partial charge >= 0.3 is 0 Å². The lowest BCUT2D eigenvalue weighted by molar-refractivity contribution is 0.0730. The van der Waals surface area contributed by atoms with Crippen molar-refractivity contribution in [2.75, 3.05) is 32.8 Å². The van der Waals surface area contributed by atoms with Crippen molar-refractivity contribution >= 4 is 15.9 Å². The number of hydrogen-bond acceptors (Lipinski definition) is 5. The second-order valence-corrected chi connectivity index (χ2v) is 7.89. The number of carbonyl (C=O) groups is 1. The number of rotatable bonds is 7. The number of benzene rings is 1. The lowest BCUT2D eigenvalue weighted by Gasteiger charge is -2.26. The normalized spacial score (nSPS) is 15.7. The van der Waals surface area contributed by atoms with Crippen molar-refractivity contribution in [3.8, 4) is 0 Å². The first-order valence-electron chi connectivity index (χ1n) is 8.49. The molecule has 9 heteroatoms. The Morgan fingerprint density at radius 1 is 1.19 bits per heavy atom. The number of hydrogen-bond donors (Lipinski definition) is 1. The van der Waals surface area contributed by atoms with Crippen LogP contribution in [0.3, 0.4) is 0 Å². The predicted molar refractivity (Wildman–Crippen MR) is 95.2 cm³/mol. The summed E-state index contributed by atoms with van der Waals surface area (Å²) < 4.78 is 33.6. The van der Waals surface area contributed by atoms with E-state index < -0.39 is 10.0 Å². The van der Waals surface area contributed by atoms with Gasteiger partial charge in [0.1, 0.15) is 0 Å². The maximum atomic E-state index is 12.6. The number of amides is 1. The molecule has 1 amide bonds. The van der Waals surface area contributed by atoms with E-state index in [9.17, 15) is 13.2 Å². The molecule has 1 saturated heterocycles. The molecule has 1 aromatic carbocycles. The lowest BCUT2D eigenvalue weighted by Crippen LogP contribution is -2.40. The van der Waals surface area contributed by atoms with Gasteiger partial charge in [0.05, 0.1) is 24.4 Å². The Hall–Kier alpha value is -2.23. The van der Waals surface area contributed by atoms with Gasteiger partial charge in [-0.3, -0.25) is 4.79 Å².